The van der Waals surface area contributed by atoms with Crippen LogP contribution in [0.3, 0.4) is 0 Å². The van der Waals surface area contributed by atoms with Crippen LogP contribution in [0, 0.1) is 12.7 Å². The number of aliphatic carboxylic acids is 1. The lowest BCUT2D eigenvalue weighted by Crippen LogP contribution is -2.32. The number of amides is 2. The fourth-order valence-electron chi connectivity index (χ4n) is 4.46. The van der Waals surface area contributed by atoms with Gasteiger partial charge in [0.15, 0.2) is 12.7 Å². The highest BCUT2D eigenvalue weighted by Crippen LogP contribution is 2.39. The van der Waals surface area contributed by atoms with Crippen molar-refractivity contribution in [3.8, 4) is 11.5 Å². The van der Waals surface area contributed by atoms with Crippen LogP contribution in [0.25, 0.3) is 0 Å². The summed E-state index contributed by atoms with van der Waals surface area (Å²) in [7, 11) is 0. The van der Waals surface area contributed by atoms with Crippen molar-refractivity contribution < 1.29 is 42.9 Å². The molecule has 2 aliphatic rings. The zero-order chi connectivity index (χ0) is 31.7. The van der Waals surface area contributed by atoms with Crippen molar-refractivity contribution in [3.63, 3.8) is 0 Å². The van der Waals surface area contributed by atoms with Crippen LogP contribution in [0.2, 0.25) is 10.0 Å². The van der Waals surface area contributed by atoms with Gasteiger partial charge in [0.05, 0.1) is 17.3 Å². The number of rotatable bonds is 11. The summed E-state index contributed by atoms with van der Waals surface area (Å²) in [5.41, 5.74) is 1.50. The Bertz CT molecular complexity index is 1380. The van der Waals surface area contributed by atoms with E-state index in [2.05, 4.69) is 0 Å². The molecule has 4 rings (SSSR count). The molecule has 2 aromatic carbocycles. The number of unbranched alkanes of at least 4 members (excludes halogenated alkanes) is 2. The van der Waals surface area contributed by atoms with Crippen molar-refractivity contribution in [1.29, 1.82) is 0 Å². The van der Waals surface area contributed by atoms with Gasteiger partial charge in [-0.2, -0.15) is 0 Å². The van der Waals surface area contributed by atoms with Gasteiger partial charge in [0.1, 0.15) is 17.3 Å². The molecule has 1 unspecified atom stereocenters. The minimum Gasteiger partial charge on any atom is -0.480 e. The van der Waals surface area contributed by atoms with E-state index in [0.717, 1.165) is 48.6 Å². The molecule has 0 bridgehead atoms. The number of anilines is 1. The average molecular weight is 639 g/mol. The molecule has 43 heavy (non-hydrogen) atoms. The molecule has 0 fully saturated rings. The van der Waals surface area contributed by atoms with Crippen LogP contribution in [0.1, 0.15) is 64.4 Å². The van der Waals surface area contributed by atoms with Crippen LogP contribution < -0.4 is 14.4 Å². The van der Waals surface area contributed by atoms with E-state index in [9.17, 15) is 23.6 Å². The van der Waals surface area contributed by atoms with E-state index < -0.39 is 42.3 Å². The third-order valence-electron chi connectivity index (χ3n) is 6.78. The molecule has 232 valence electrons. The maximum absolute atomic E-state index is 14.5. The first-order chi connectivity index (χ1) is 20.4. The van der Waals surface area contributed by atoms with Crippen molar-refractivity contribution in [3.05, 3.63) is 62.9 Å². The smallest absolute Gasteiger partial charge is 0.344 e. The average Bonchev–Trinajstić information content (AvgIpc) is 3.22. The Labute approximate surface area is 259 Å². The fraction of sp³-hybridized carbons (Fsp3) is 0.419. The Morgan fingerprint density at radius 1 is 1.02 bits per heavy atom. The molecule has 0 saturated carbocycles. The van der Waals surface area contributed by atoms with Crippen molar-refractivity contribution in [1.82, 2.24) is 0 Å². The predicted octanol–water partition coefficient (Wildman–Crippen LogP) is 6.84. The summed E-state index contributed by atoms with van der Waals surface area (Å²) in [6.45, 7) is 5.23. The Morgan fingerprint density at radius 3 is 2.26 bits per heavy atom. The van der Waals surface area contributed by atoms with Crippen molar-refractivity contribution in [2.24, 2.45) is 0 Å². The zero-order valence-electron chi connectivity index (χ0n) is 24.2. The predicted molar refractivity (Wildman–Crippen MR) is 159 cm³/mol. The van der Waals surface area contributed by atoms with Crippen LogP contribution in [-0.2, 0) is 23.9 Å². The molecule has 0 radical (unpaired) electrons. The quantitative estimate of drug-likeness (QED) is 0.162. The van der Waals surface area contributed by atoms with Crippen molar-refractivity contribution in [2.75, 3.05) is 18.1 Å². The zero-order valence-corrected chi connectivity index (χ0v) is 25.7. The van der Waals surface area contributed by atoms with E-state index >= 15 is 0 Å². The first-order valence-electron chi connectivity index (χ1n) is 14.0. The molecule has 0 spiro atoms. The highest BCUT2D eigenvalue weighted by atomic mass is 35.5. The second-order valence-corrected chi connectivity index (χ2v) is 10.9. The molecule has 1 atom stereocenters. The number of ether oxygens (including phenoxy) is 3. The summed E-state index contributed by atoms with van der Waals surface area (Å²) < 4.78 is 30.2. The summed E-state index contributed by atoms with van der Waals surface area (Å²) in [5.74, 6) is -2.85. The number of benzene rings is 2. The number of carbonyl (C=O) groups excluding carboxylic acids is 3. The van der Waals surface area contributed by atoms with Gasteiger partial charge in [0.25, 0.3) is 11.8 Å². The number of esters is 1. The van der Waals surface area contributed by atoms with Gasteiger partial charge in [-0.25, -0.2) is 18.9 Å². The van der Waals surface area contributed by atoms with Gasteiger partial charge in [-0.15, -0.1) is 0 Å². The van der Waals surface area contributed by atoms with Crippen molar-refractivity contribution >= 4 is 52.6 Å². The third kappa shape index (κ3) is 8.93. The van der Waals surface area contributed by atoms with Gasteiger partial charge >= 0.3 is 11.9 Å². The number of aryl methyl sites for hydroxylation is 1. The number of imide groups is 1. The summed E-state index contributed by atoms with van der Waals surface area (Å²) in [6.07, 6.45) is 4.55. The number of nitrogens with zero attached hydrogens (tertiary/aromatic N) is 1. The van der Waals surface area contributed by atoms with Gasteiger partial charge in [0, 0.05) is 22.2 Å². The number of hydrogen-bond acceptors (Lipinski definition) is 7. The molecule has 0 saturated heterocycles. The Hall–Kier alpha value is -3.63. The number of carbonyl (C=O) groups is 4. The number of carboxylic acids is 1. The molecule has 1 aliphatic heterocycles. The van der Waals surface area contributed by atoms with Gasteiger partial charge in [-0.1, -0.05) is 43.0 Å². The van der Waals surface area contributed by atoms with E-state index in [1.807, 2.05) is 13.8 Å². The first-order valence-corrected chi connectivity index (χ1v) is 14.7. The topological polar surface area (TPSA) is 119 Å². The monoisotopic (exact) mass is 637 g/mol. The van der Waals surface area contributed by atoms with E-state index in [-0.39, 0.29) is 16.5 Å². The van der Waals surface area contributed by atoms with E-state index in [0.29, 0.717) is 41.4 Å². The lowest BCUT2D eigenvalue weighted by Gasteiger charge is -2.18. The van der Waals surface area contributed by atoms with Crippen LogP contribution in [0.4, 0.5) is 10.1 Å². The Morgan fingerprint density at radius 2 is 1.67 bits per heavy atom. The molecule has 1 aliphatic carbocycles. The maximum atomic E-state index is 14.5. The van der Waals surface area contributed by atoms with Gasteiger partial charge in [-0.3, -0.25) is 9.59 Å². The largest absolute Gasteiger partial charge is 0.480 e. The molecular weight excluding hydrogens is 604 g/mol. The maximum Gasteiger partial charge on any atom is 0.344 e. The molecule has 12 heteroatoms. The number of halogens is 3. The van der Waals surface area contributed by atoms with Gasteiger partial charge < -0.3 is 19.3 Å². The van der Waals surface area contributed by atoms with Gasteiger partial charge in [-0.05, 0) is 75.8 Å². The molecule has 0 aromatic heterocycles. The molecule has 1 heterocycles. The van der Waals surface area contributed by atoms with Crippen LogP contribution in [-0.4, -0.2) is 48.2 Å². The molecule has 2 aromatic rings. The van der Waals surface area contributed by atoms with E-state index in [1.165, 1.54) is 13.0 Å². The molecule has 1 N–H and O–H groups in total. The summed E-state index contributed by atoms with van der Waals surface area (Å²) >= 11 is 11.8. The van der Waals surface area contributed by atoms with E-state index in [1.54, 1.807) is 18.2 Å². The van der Waals surface area contributed by atoms with Crippen LogP contribution >= 0.6 is 23.2 Å². The Balaban J connectivity index is 0.000000303. The third-order valence-corrected chi connectivity index (χ3v) is 7.31. The normalized spacial score (nSPS) is 15.0. The summed E-state index contributed by atoms with van der Waals surface area (Å²) in [6, 6.07) is 7.20. The second-order valence-electron chi connectivity index (χ2n) is 10.1. The highest BCUT2D eigenvalue weighted by Gasteiger charge is 2.41. The molecule has 2 amide bonds. The number of carboxylic acid groups (broad SMARTS) is 1. The van der Waals surface area contributed by atoms with Gasteiger partial charge in [0.2, 0.25) is 0 Å². The SMILES string of the molecule is CCCCCOC(=O)COc1cc(N2C(=O)C3=C(CCCC3)C2=O)c(F)cc1Cl.Cc1cc(Cl)ccc1OC(C)C(=O)O. The van der Waals surface area contributed by atoms with E-state index in [4.69, 9.17) is 42.5 Å². The molecule has 9 nitrogen and oxygen atoms in total. The highest BCUT2D eigenvalue weighted by molar-refractivity contribution is 6.34. The summed E-state index contributed by atoms with van der Waals surface area (Å²) in [5, 5.41) is 9.18. The van der Waals surface area contributed by atoms with Crippen LogP contribution in [0.5, 0.6) is 11.5 Å². The van der Waals surface area contributed by atoms with Crippen LogP contribution in [0.15, 0.2) is 41.5 Å². The molecular formula is C31H34Cl2FNO8. The Kier molecular flexibility index (Phi) is 12.4. The second kappa shape index (κ2) is 15.7. The lowest BCUT2D eigenvalue weighted by atomic mass is 9.93. The number of hydrogen-bond donors (Lipinski definition) is 1. The first kappa shape index (κ1) is 33.9. The standard InChI is InChI=1S/C21H23ClFNO5.C10H11ClO3/c1-2-3-6-9-28-19(25)12-29-18-11-17(16(23)10-15(18)22)24-20(26)13-7-4-5-8-14(13)21(24)27;1-6-5-8(11)3-4-9(6)14-7(2)10(12)13/h10-11H,2-9,12H2,1H3;3-5,7H,1-2H3,(H,12,13). The lowest BCUT2D eigenvalue weighted by molar-refractivity contribution is -0.146. The minimum atomic E-state index is -0.987. The summed E-state index contributed by atoms with van der Waals surface area (Å²) in [4.78, 5) is 48.5. The van der Waals surface area contributed by atoms with Crippen molar-refractivity contribution in [2.45, 2.75) is 71.8 Å². The fourth-order valence-corrected chi connectivity index (χ4v) is 4.89. The minimum absolute atomic E-state index is 0.000883.